The molecule has 1 fully saturated rings. The van der Waals surface area contributed by atoms with Gasteiger partial charge in [0.05, 0.1) is 6.04 Å². The molecule has 0 saturated carbocycles. The predicted molar refractivity (Wildman–Crippen MR) is 106 cm³/mol. The lowest BCUT2D eigenvalue weighted by Crippen LogP contribution is -2.52. The summed E-state index contributed by atoms with van der Waals surface area (Å²) < 4.78 is 0. The smallest absolute Gasteiger partial charge is 0.241 e. The Hall–Kier alpha value is -2.02. The van der Waals surface area contributed by atoms with Crippen molar-refractivity contribution in [3.05, 3.63) is 52.2 Å². The van der Waals surface area contributed by atoms with Crippen molar-refractivity contribution in [2.24, 2.45) is 0 Å². The minimum atomic E-state index is -0.175. The van der Waals surface area contributed by atoms with Gasteiger partial charge >= 0.3 is 0 Å². The molecule has 1 N–H and O–H groups in total. The number of benzene rings is 1. The SMILES string of the molecule is CC(=O)c1ccc(NC(=O)[C@@H](C)N2CCN(Cc3ccsc3)CC2)cc1. The lowest BCUT2D eigenvalue weighted by molar-refractivity contribution is -0.121. The molecular weight excluding hydrogens is 346 g/mol. The lowest BCUT2D eigenvalue weighted by atomic mass is 10.1. The van der Waals surface area contributed by atoms with Crippen LogP contribution in [0.1, 0.15) is 29.8 Å². The number of carbonyl (C=O) groups is 2. The van der Waals surface area contributed by atoms with Crippen LogP contribution in [0, 0.1) is 0 Å². The van der Waals surface area contributed by atoms with Gasteiger partial charge in [0.1, 0.15) is 0 Å². The van der Waals surface area contributed by atoms with E-state index in [-0.39, 0.29) is 17.7 Å². The molecule has 1 aliphatic heterocycles. The number of nitrogens with one attached hydrogen (secondary N) is 1. The number of amides is 1. The molecule has 2 aromatic rings. The van der Waals surface area contributed by atoms with Gasteiger partial charge in [-0.25, -0.2) is 0 Å². The van der Waals surface area contributed by atoms with Crippen LogP contribution in [-0.2, 0) is 11.3 Å². The molecule has 0 radical (unpaired) electrons. The Balaban J connectivity index is 1.48. The fraction of sp³-hybridized carbons (Fsp3) is 0.400. The molecule has 26 heavy (non-hydrogen) atoms. The summed E-state index contributed by atoms with van der Waals surface area (Å²) in [5, 5.41) is 7.25. The molecule has 1 aliphatic rings. The van der Waals surface area contributed by atoms with Crippen LogP contribution < -0.4 is 5.32 Å². The number of rotatable bonds is 6. The third-order valence-electron chi connectivity index (χ3n) is 4.88. The fourth-order valence-electron chi connectivity index (χ4n) is 3.15. The van der Waals surface area contributed by atoms with Gasteiger partial charge in [-0.1, -0.05) is 0 Å². The van der Waals surface area contributed by atoms with Gasteiger partial charge in [0, 0.05) is 44.0 Å². The zero-order valence-electron chi connectivity index (χ0n) is 15.3. The van der Waals surface area contributed by atoms with Crippen LogP contribution in [0.25, 0.3) is 0 Å². The molecule has 1 amide bonds. The number of anilines is 1. The van der Waals surface area contributed by atoms with Crippen molar-refractivity contribution >= 4 is 28.7 Å². The average Bonchev–Trinajstić information content (AvgIpc) is 3.15. The predicted octanol–water partition coefficient (Wildman–Crippen LogP) is 3.10. The number of thiophene rings is 1. The van der Waals surface area contributed by atoms with Crippen molar-refractivity contribution in [3.8, 4) is 0 Å². The largest absolute Gasteiger partial charge is 0.325 e. The van der Waals surface area contributed by atoms with Crippen LogP contribution in [0.3, 0.4) is 0 Å². The van der Waals surface area contributed by atoms with Gasteiger partial charge in [0.2, 0.25) is 5.91 Å². The van der Waals surface area contributed by atoms with Crippen LogP contribution in [0.4, 0.5) is 5.69 Å². The summed E-state index contributed by atoms with van der Waals surface area (Å²) in [6.45, 7) is 8.20. The second-order valence-corrected chi connectivity index (χ2v) is 7.52. The number of hydrogen-bond donors (Lipinski definition) is 1. The Kier molecular flexibility index (Phi) is 6.19. The number of piperazine rings is 1. The van der Waals surface area contributed by atoms with Gasteiger partial charge < -0.3 is 5.32 Å². The van der Waals surface area contributed by atoms with Gasteiger partial charge in [-0.2, -0.15) is 11.3 Å². The van der Waals surface area contributed by atoms with Crippen LogP contribution in [0.2, 0.25) is 0 Å². The Morgan fingerprint density at radius 1 is 1.12 bits per heavy atom. The molecule has 5 nitrogen and oxygen atoms in total. The van der Waals surface area contributed by atoms with Crippen molar-refractivity contribution in [3.63, 3.8) is 0 Å². The van der Waals surface area contributed by atoms with E-state index >= 15 is 0 Å². The summed E-state index contributed by atoms with van der Waals surface area (Å²) in [5.74, 6) is 0.0171. The highest BCUT2D eigenvalue weighted by Crippen LogP contribution is 2.15. The van der Waals surface area contributed by atoms with E-state index in [1.807, 2.05) is 6.92 Å². The van der Waals surface area contributed by atoms with Crippen LogP contribution in [-0.4, -0.2) is 53.7 Å². The number of nitrogens with zero attached hydrogens (tertiary/aromatic N) is 2. The van der Waals surface area contributed by atoms with Crippen molar-refractivity contribution in [1.82, 2.24) is 9.80 Å². The summed E-state index contributed by atoms with van der Waals surface area (Å²) in [4.78, 5) is 28.5. The van der Waals surface area contributed by atoms with Gasteiger partial charge in [0.25, 0.3) is 0 Å². The van der Waals surface area contributed by atoms with Crippen LogP contribution >= 0.6 is 11.3 Å². The van der Waals surface area contributed by atoms with Gasteiger partial charge in [-0.05, 0) is 60.5 Å². The molecule has 0 spiro atoms. The molecule has 0 aliphatic carbocycles. The molecule has 3 rings (SSSR count). The highest BCUT2D eigenvalue weighted by Gasteiger charge is 2.25. The Bertz CT molecular complexity index is 735. The molecule has 1 aromatic heterocycles. The Morgan fingerprint density at radius 2 is 1.81 bits per heavy atom. The topological polar surface area (TPSA) is 52.7 Å². The fourth-order valence-corrected chi connectivity index (χ4v) is 3.81. The second kappa shape index (κ2) is 8.58. The van der Waals surface area contributed by atoms with Gasteiger partial charge in [-0.15, -0.1) is 0 Å². The zero-order chi connectivity index (χ0) is 18.5. The van der Waals surface area contributed by atoms with Crippen molar-refractivity contribution < 1.29 is 9.59 Å². The maximum absolute atomic E-state index is 12.5. The molecule has 1 aromatic carbocycles. The monoisotopic (exact) mass is 371 g/mol. The number of hydrogen-bond acceptors (Lipinski definition) is 5. The second-order valence-electron chi connectivity index (χ2n) is 6.74. The number of Topliss-reactive ketones (excluding diaryl/α,β-unsaturated/α-hetero) is 1. The quantitative estimate of drug-likeness (QED) is 0.793. The molecule has 0 bridgehead atoms. The summed E-state index contributed by atoms with van der Waals surface area (Å²) in [6.07, 6.45) is 0. The summed E-state index contributed by atoms with van der Waals surface area (Å²) in [6, 6.07) is 9.04. The van der Waals surface area contributed by atoms with E-state index in [0.717, 1.165) is 38.4 Å². The Labute approximate surface area is 158 Å². The summed E-state index contributed by atoms with van der Waals surface area (Å²) >= 11 is 1.73. The maximum atomic E-state index is 12.5. The van der Waals surface area contributed by atoms with E-state index in [2.05, 4.69) is 31.9 Å². The van der Waals surface area contributed by atoms with E-state index < -0.39 is 0 Å². The van der Waals surface area contributed by atoms with Gasteiger partial charge in [0.15, 0.2) is 5.78 Å². The maximum Gasteiger partial charge on any atom is 0.241 e. The minimum Gasteiger partial charge on any atom is -0.325 e. The van der Waals surface area contributed by atoms with Crippen molar-refractivity contribution in [2.75, 3.05) is 31.5 Å². The number of carbonyl (C=O) groups excluding carboxylic acids is 2. The molecule has 138 valence electrons. The first kappa shape index (κ1) is 18.8. The first-order valence-electron chi connectivity index (χ1n) is 8.92. The highest BCUT2D eigenvalue weighted by molar-refractivity contribution is 7.07. The van der Waals surface area contributed by atoms with E-state index in [9.17, 15) is 9.59 Å². The standard InChI is InChI=1S/C20H25N3O2S/c1-15(20(25)21-19-5-3-18(4-6-19)16(2)24)23-10-8-22(9-11-23)13-17-7-12-26-14-17/h3-7,12,14-15H,8-11,13H2,1-2H3,(H,21,25)/t15-/m1/s1. The van der Waals surface area contributed by atoms with Gasteiger partial charge in [-0.3, -0.25) is 19.4 Å². The third kappa shape index (κ3) is 4.78. The third-order valence-corrected chi connectivity index (χ3v) is 5.61. The normalized spacial score (nSPS) is 17.0. The molecule has 1 atom stereocenters. The van der Waals surface area contributed by atoms with E-state index in [0.29, 0.717) is 5.56 Å². The minimum absolute atomic E-state index is 0.00754. The van der Waals surface area contributed by atoms with Crippen LogP contribution in [0.5, 0.6) is 0 Å². The Morgan fingerprint density at radius 3 is 2.38 bits per heavy atom. The molecule has 6 heteroatoms. The average molecular weight is 372 g/mol. The molecule has 2 heterocycles. The van der Waals surface area contributed by atoms with Crippen LogP contribution in [0.15, 0.2) is 41.1 Å². The van der Waals surface area contributed by atoms with E-state index in [1.165, 1.54) is 12.5 Å². The van der Waals surface area contributed by atoms with E-state index in [1.54, 1.807) is 35.6 Å². The first-order chi connectivity index (χ1) is 12.5. The zero-order valence-corrected chi connectivity index (χ0v) is 16.1. The van der Waals surface area contributed by atoms with Crippen molar-refractivity contribution in [2.45, 2.75) is 26.4 Å². The van der Waals surface area contributed by atoms with E-state index in [4.69, 9.17) is 0 Å². The highest BCUT2D eigenvalue weighted by atomic mass is 32.1. The lowest BCUT2D eigenvalue weighted by Gasteiger charge is -2.37. The summed E-state index contributed by atoms with van der Waals surface area (Å²) in [7, 11) is 0. The summed E-state index contributed by atoms with van der Waals surface area (Å²) in [5.41, 5.74) is 2.74. The molecule has 0 unspecified atom stereocenters. The van der Waals surface area contributed by atoms with Crippen molar-refractivity contribution in [1.29, 1.82) is 0 Å². The molecular formula is C20H25N3O2S. The first-order valence-corrected chi connectivity index (χ1v) is 9.86. The molecule has 1 saturated heterocycles. The number of ketones is 1.